The summed E-state index contributed by atoms with van der Waals surface area (Å²) in [5, 5.41) is 2.20. The third-order valence-corrected chi connectivity index (χ3v) is 12.6. The van der Waals surface area contributed by atoms with Crippen molar-refractivity contribution in [1.29, 1.82) is 0 Å². The molecule has 1 atom stereocenters. The quantitative estimate of drug-likeness (QED) is 0.150. The molecule has 3 heterocycles. The van der Waals surface area contributed by atoms with E-state index in [1.807, 2.05) is 125 Å². The van der Waals surface area contributed by atoms with Gasteiger partial charge >= 0.3 is 0 Å². The first-order chi connectivity index (χ1) is 30.4. The van der Waals surface area contributed by atoms with Gasteiger partial charge in [-0.25, -0.2) is 0 Å². The van der Waals surface area contributed by atoms with E-state index in [4.69, 9.17) is 12.1 Å². The van der Waals surface area contributed by atoms with Gasteiger partial charge in [0.2, 0.25) is 0 Å². The summed E-state index contributed by atoms with van der Waals surface area (Å²) < 4.78 is 35.2. The number of pyridine rings is 1. The first kappa shape index (κ1) is 37.2. The van der Waals surface area contributed by atoms with Crippen molar-refractivity contribution >= 4 is 33.0 Å². The number of benzene rings is 6. The second-order valence-corrected chi connectivity index (χ2v) is 16.9. The fourth-order valence-electron chi connectivity index (χ4n) is 9.61. The van der Waals surface area contributed by atoms with Gasteiger partial charge in [0, 0.05) is 41.5 Å². The minimum atomic E-state index is -0.834. The largest absolute Gasteiger partial charge is 0.501 e. The molecular weight excluding hydrogens is 923 g/mol. The maximum absolute atomic E-state index is 9.27. The van der Waals surface area contributed by atoms with E-state index in [1.165, 1.54) is 31.2 Å². The van der Waals surface area contributed by atoms with Crippen LogP contribution in [0.1, 0.15) is 98.3 Å². The monoisotopic (exact) mass is 977 g/mol. The Morgan fingerprint density at radius 2 is 1.46 bits per heavy atom. The smallest absolute Gasteiger partial charge is 0.120 e. The van der Waals surface area contributed by atoms with Gasteiger partial charge < -0.3 is 14.0 Å². The second-order valence-electron chi connectivity index (χ2n) is 16.9. The molecule has 6 aromatic carbocycles. The molecule has 0 amide bonds. The van der Waals surface area contributed by atoms with Gasteiger partial charge in [0.25, 0.3) is 0 Å². The van der Waals surface area contributed by atoms with Crippen molar-refractivity contribution in [3.63, 3.8) is 0 Å². The summed E-state index contributed by atoms with van der Waals surface area (Å²) in [6.45, 7) is 7.56. The molecule has 3 aliphatic carbocycles. The first-order valence-corrected chi connectivity index (χ1v) is 21.3. The van der Waals surface area contributed by atoms with Crippen LogP contribution < -0.4 is 0 Å². The molecule has 3 fully saturated rings. The zero-order valence-corrected chi connectivity index (χ0v) is 37.5. The Kier molecular flexibility index (Phi) is 10.6. The maximum atomic E-state index is 9.27. The van der Waals surface area contributed by atoms with Crippen molar-refractivity contribution < 1.29 is 28.6 Å². The average Bonchev–Trinajstić information content (AvgIpc) is 3.88. The van der Waals surface area contributed by atoms with Crippen LogP contribution in [-0.2, 0) is 20.1 Å². The summed E-state index contributed by atoms with van der Waals surface area (Å²) >= 11 is 0. The standard InChI is InChI=1S/C31H26NO.C25H25N2.Ir/c1-2-7-30-25(4-1)26-5-3-6-27(31(26)33-30)29-19-24(16-17-32-29)21-12-14-23(15-13-21)28-18-20-8-10-22(28)11-9-20;1-17(2)20-13-10-14-21(18(3)4)24(20)27-23-16-9-8-15-22(23)26-25(27)19-11-6-5-7-12-19;/h1-5,7,12-17,19-20,22,28H,8-11,18H2;5-11,13-18H,1-4H3;/q2*-1;/i28D;17D,18D;. The molecule has 0 saturated heterocycles. The molecule has 3 aliphatic rings. The molecular formula is C56H51IrN3O-2. The van der Waals surface area contributed by atoms with Crippen LogP contribution in [0.5, 0.6) is 0 Å². The molecule has 61 heavy (non-hydrogen) atoms. The number of fused-ring (bicyclic) bond motifs is 7. The number of hydrogen-bond donors (Lipinski definition) is 0. The molecule has 9 aromatic rings. The predicted octanol–water partition coefficient (Wildman–Crippen LogP) is 15.1. The number of nitrogens with zero attached hydrogens (tertiary/aromatic N) is 3. The number of furan rings is 1. The van der Waals surface area contributed by atoms with Gasteiger partial charge in [-0.3, -0.25) is 4.98 Å². The van der Waals surface area contributed by atoms with Crippen molar-refractivity contribution in [1.82, 2.24) is 14.5 Å². The number of imidazole rings is 1. The van der Waals surface area contributed by atoms with E-state index in [9.17, 15) is 1.37 Å². The Morgan fingerprint density at radius 3 is 2.18 bits per heavy atom. The predicted molar refractivity (Wildman–Crippen MR) is 248 cm³/mol. The fraction of sp³-hybridized carbons (Fsp3) is 0.250. The van der Waals surface area contributed by atoms with Gasteiger partial charge in [-0.15, -0.1) is 54.1 Å². The van der Waals surface area contributed by atoms with Gasteiger partial charge in [0.1, 0.15) is 5.58 Å². The van der Waals surface area contributed by atoms with Crippen molar-refractivity contribution in [3.05, 3.63) is 175 Å². The van der Waals surface area contributed by atoms with E-state index in [1.54, 1.807) is 0 Å². The summed E-state index contributed by atoms with van der Waals surface area (Å²) in [4.78, 5) is 9.58. The van der Waals surface area contributed by atoms with E-state index in [-0.39, 0.29) is 20.1 Å². The van der Waals surface area contributed by atoms with Crippen LogP contribution in [0.15, 0.2) is 150 Å². The van der Waals surface area contributed by atoms with Gasteiger partial charge in [-0.1, -0.05) is 130 Å². The van der Waals surface area contributed by atoms with Crippen LogP contribution in [0, 0.1) is 24.0 Å². The number of hydrogen-bond acceptors (Lipinski definition) is 3. The van der Waals surface area contributed by atoms with E-state index in [0.29, 0.717) is 5.92 Å². The summed E-state index contributed by atoms with van der Waals surface area (Å²) in [7, 11) is 0. The molecule has 3 aromatic heterocycles. The van der Waals surface area contributed by atoms with Crippen molar-refractivity contribution in [3.8, 4) is 39.5 Å². The molecule has 0 spiro atoms. The van der Waals surface area contributed by atoms with E-state index >= 15 is 0 Å². The zero-order chi connectivity index (χ0) is 43.5. The first-order valence-electron chi connectivity index (χ1n) is 22.8. The molecule has 307 valence electrons. The Hall–Kier alpha value is -5.61. The summed E-state index contributed by atoms with van der Waals surface area (Å²) in [6, 6.07) is 53.5. The summed E-state index contributed by atoms with van der Waals surface area (Å²) in [6.07, 6.45) is 7.95. The van der Waals surface area contributed by atoms with Crippen molar-refractivity contribution in [2.75, 3.05) is 0 Å². The van der Waals surface area contributed by atoms with Crippen molar-refractivity contribution in [2.24, 2.45) is 11.8 Å². The molecule has 0 N–H and O–H groups in total. The normalized spacial score (nSPS) is 19.4. The van der Waals surface area contributed by atoms with Crippen LogP contribution >= 0.6 is 0 Å². The Morgan fingerprint density at radius 1 is 0.721 bits per heavy atom. The van der Waals surface area contributed by atoms with Gasteiger partial charge in [-0.2, -0.15) is 0 Å². The van der Waals surface area contributed by atoms with E-state index < -0.39 is 17.7 Å². The van der Waals surface area contributed by atoms with Crippen LogP contribution in [0.2, 0.25) is 0 Å². The molecule has 4 nitrogen and oxygen atoms in total. The zero-order valence-electron chi connectivity index (χ0n) is 38.1. The molecule has 12 rings (SSSR count). The molecule has 0 aliphatic heterocycles. The van der Waals surface area contributed by atoms with Gasteiger partial charge in [0.15, 0.2) is 0 Å². The van der Waals surface area contributed by atoms with E-state index in [2.05, 4.69) is 70.2 Å². The molecule has 3 saturated carbocycles. The number of rotatable bonds is 7. The molecule has 1 radical (unpaired) electrons. The minimum Gasteiger partial charge on any atom is -0.501 e. The van der Waals surface area contributed by atoms with Crippen LogP contribution in [-0.4, -0.2) is 14.5 Å². The maximum Gasteiger partial charge on any atom is 0.120 e. The summed E-state index contributed by atoms with van der Waals surface area (Å²) in [5.74, 6) is -0.0549. The van der Waals surface area contributed by atoms with Gasteiger partial charge in [-0.05, 0) is 107 Å². The van der Waals surface area contributed by atoms with Crippen LogP contribution in [0.25, 0.3) is 72.4 Å². The van der Waals surface area contributed by atoms with Crippen LogP contribution in [0.4, 0.5) is 0 Å². The second kappa shape index (κ2) is 17.4. The molecule has 5 heteroatoms. The summed E-state index contributed by atoms with van der Waals surface area (Å²) in [5.41, 5.74) is 12.2. The SMILES string of the molecule is [2H]C(C)(C)c1cccc(C([2H])(C)C)c1-n1c(-c2[c-]cccc2)nc2ccccc21.[2H]C1(c2ccc(-c3ccnc(-c4[c-]ccc5c4oc4ccccc45)c3)cc2)CC2CCC1CC2.[Ir]. The van der Waals surface area contributed by atoms with Crippen LogP contribution in [0.3, 0.4) is 0 Å². The Bertz CT molecular complexity index is 3070. The van der Waals surface area contributed by atoms with Gasteiger partial charge in [0.05, 0.1) is 22.4 Å². The number of aromatic nitrogens is 3. The third kappa shape index (κ3) is 7.79. The van der Waals surface area contributed by atoms with E-state index in [0.717, 1.165) is 95.9 Å². The third-order valence-electron chi connectivity index (χ3n) is 12.6. The van der Waals surface area contributed by atoms with Crippen molar-refractivity contribution in [2.45, 2.75) is 77.5 Å². The fourth-order valence-corrected chi connectivity index (χ4v) is 9.61. The Labute approximate surface area is 377 Å². The minimum absolute atomic E-state index is 0. The number of para-hydroxylation sites is 4. The average molecular weight is 977 g/mol. The topological polar surface area (TPSA) is 43.9 Å². The Balaban J connectivity index is 0.000000162. The molecule has 1 unspecified atom stereocenters. The molecule has 2 bridgehead atoms.